The molecular weight excluding hydrogens is 217 g/mol. The molecule has 0 aliphatic carbocycles. The average molecular weight is 235 g/mol. The Balaban J connectivity index is 2.18. The Bertz CT molecular complexity index is 286. The van der Waals surface area contributed by atoms with Gasteiger partial charge in [-0.15, -0.1) is 0 Å². The van der Waals surface area contributed by atoms with Crippen LogP contribution in [0.3, 0.4) is 0 Å². The molecule has 2 fully saturated rings. The number of hydroxylamine groups is 2. The Morgan fingerprint density at radius 2 is 2.07 bits per heavy atom. The predicted molar refractivity (Wildman–Crippen MR) is 54.8 cm³/mol. The molecular formula is C9H18NO4P. The number of hydrogen-bond acceptors (Lipinski definition) is 5. The lowest BCUT2D eigenvalue weighted by molar-refractivity contribution is -0.124. The fourth-order valence-electron chi connectivity index (χ4n) is 2.03. The number of nitrogens with zero attached hydrogens (tertiary/aromatic N) is 1. The highest BCUT2D eigenvalue weighted by Crippen LogP contribution is 2.65. The van der Waals surface area contributed by atoms with Gasteiger partial charge in [0.2, 0.25) is 0 Å². The Labute approximate surface area is 89.8 Å². The van der Waals surface area contributed by atoms with E-state index in [9.17, 15) is 9.77 Å². The molecule has 0 aromatic carbocycles. The van der Waals surface area contributed by atoms with Crippen molar-refractivity contribution in [3.05, 3.63) is 0 Å². The maximum absolute atomic E-state index is 12.5. The quantitative estimate of drug-likeness (QED) is 0.705. The first-order valence-electron chi connectivity index (χ1n) is 5.34. The Morgan fingerprint density at radius 1 is 1.47 bits per heavy atom. The molecule has 0 radical (unpaired) electrons. The molecule has 1 atom stereocenters. The van der Waals surface area contributed by atoms with Crippen LogP contribution in [0.25, 0.3) is 0 Å². The van der Waals surface area contributed by atoms with Gasteiger partial charge in [0.25, 0.3) is 0 Å². The standard InChI is InChI=1S/C9H18NO4P/c1-8-6-13-15(12,14-7-8)9(2)4-3-5-10(9)11/h8,11H,3-7H2,1-2H3. The van der Waals surface area contributed by atoms with Crippen molar-refractivity contribution >= 4 is 7.60 Å². The molecule has 15 heavy (non-hydrogen) atoms. The summed E-state index contributed by atoms with van der Waals surface area (Å²) in [5.74, 6) is 0.268. The molecule has 0 aromatic rings. The van der Waals surface area contributed by atoms with Crippen LogP contribution < -0.4 is 0 Å². The normalized spacial score (nSPS) is 48.3. The second-order valence-corrected chi connectivity index (χ2v) is 7.11. The van der Waals surface area contributed by atoms with Crippen molar-refractivity contribution in [2.24, 2.45) is 5.92 Å². The highest BCUT2D eigenvalue weighted by molar-refractivity contribution is 7.55. The summed E-state index contributed by atoms with van der Waals surface area (Å²) in [6.07, 6.45) is 1.47. The van der Waals surface area contributed by atoms with Crippen molar-refractivity contribution in [2.45, 2.75) is 32.0 Å². The van der Waals surface area contributed by atoms with Crippen LogP contribution in [0.4, 0.5) is 0 Å². The summed E-state index contributed by atoms with van der Waals surface area (Å²) >= 11 is 0. The Hall–Kier alpha value is 0.0700. The first-order chi connectivity index (χ1) is 6.98. The SMILES string of the molecule is CC1COP(=O)(C2(C)CCCN2O)OC1. The molecule has 0 aromatic heterocycles. The van der Waals surface area contributed by atoms with Gasteiger partial charge in [-0.1, -0.05) is 6.92 Å². The highest BCUT2D eigenvalue weighted by Gasteiger charge is 2.55. The van der Waals surface area contributed by atoms with E-state index in [1.54, 1.807) is 6.92 Å². The van der Waals surface area contributed by atoms with Gasteiger partial charge in [-0.2, -0.15) is 5.06 Å². The van der Waals surface area contributed by atoms with Gasteiger partial charge in [0.1, 0.15) is 5.28 Å². The topological polar surface area (TPSA) is 59.0 Å². The first-order valence-corrected chi connectivity index (χ1v) is 6.88. The van der Waals surface area contributed by atoms with Gasteiger partial charge in [-0.3, -0.25) is 4.57 Å². The molecule has 0 bridgehead atoms. The van der Waals surface area contributed by atoms with E-state index in [-0.39, 0.29) is 5.92 Å². The first kappa shape index (κ1) is 11.6. The van der Waals surface area contributed by atoms with Gasteiger partial charge in [0.15, 0.2) is 0 Å². The minimum atomic E-state index is -3.19. The van der Waals surface area contributed by atoms with Crippen molar-refractivity contribution < 1.29 is 18.8 Å². The molecule has 1 unspecified atom stereocenters. The molecule has 0 saturated carbocycles. The smallest absolute Gasteiger partial charge is 0.313 e. The van der Waals surface area contributed by atoms with E-state index in [1.807, 2.05) is 6.92 Å². The predicted octanol–water partition coefficient (Wildman–Crippen LogP) is 2.06. The van der Waals surface area contributed by atoms with Gasteiger partial charge in [0.05, 0.1) is 13.2 Å². The monoisotopic (exact) mass is 235 g/mol. The summed E-state index contributed by atoms with van der Waals surface area (Å²) in [5, 5.41) is 9.99. The maximum atomic E-state index is 12.5. The van der Waals surface area contributed by atoms with Crippen molar-refractivity contribution in [1.29, 1.82) is 0 Å². The summed E-state index contributed by atoms with van der Waals surface area (Å²) in [7, 11) is -3.19. The van der Waals surface area contributed by atoms with Gasteiger partial charge in [-0.25, -0.2) is 0 Å². The van der Waals surface area contributed by atoms with Crippen LogP contribution in [0.5, 0.6) is 0 Å². The molecule has 1 N–H and O–H groups in total. The second kappa shape index (κ2) is 3.82. The molecule has 2 aliphatic heterocycles. The van der Waals surface area contributed by atoms with Gasteiger partial charge >= 0.3 is 7.60 Å². The zero-order valence-corrected chi connectivity index (χ0v) is 10.1. The van der Waals surface area contributed by atoms with E-state index in [0.29, 0.717) is 26.2 Å². The molecule has 0 amide bonds. The minimum absolute atomic E-state index is 0.268. The zero-order chi connectivity index (χ0) is 11.1. The van der Waals surface area contributed by atoms with Crippen LogP contribution in [0.1, 0.15) is 26.7 Å². The number of hydrogen-bond donors (Lipinski definition) is 1. The van der Waals surface area contributed by atoms with Gasteiger partial charge in [0, 0.05) is 12.5 Å². The van der Waals surface area contributed by atoms with E-state index in [2.05, 4.69) is 0 Å². The van der Waals surface area contributed by atoms with Gasteiger partial charge < -0.3 is 14.3 Å². The van der Waals surface area contributed by atoms with Crippen LogP contribution in [0.15, 0.2) is 0 Å². The van der Waals surface area contributed by atoms with E-state index in [4.69, 9.17) is 9.05 Å². The molecule has 6 heteroatoms. The molecule has 5 nitrogen and oxygen atoms in total. The van der Waals surface area contributed by atoms with Crippen LogP contribution in [0.2, 0.25) is 0 Å². The Kier molecular flexibility index (Phi) is 2.95. The fourth-order valence-corrected chi connectivity index (χ4v) is 4.37. The van der Waals surface area contributed by atoms with Crippen LogP contribution in [0, 0.1) is 5.92 Å². The lowest BCUT2D eigenvalue weighted by atomic mass is 10.2. The van der Waals surface area contributed by atoms with Crippen molar-refractivity contribution in [1.82, 2.24) is 5.06 Å². The lowest BCUT2D eigenvalue weighted by Gasteiger charge is -2.39. The third-order valence-corrected chi connectivity index (χ3v) is 5.84. The second-order valence-electron chi connectivity index (χ2n) is 4.64. The summed E-state index contributed by atoms with van der Waals surface area (Å²) in [4.78, 5) is 0. The maximum Gasteiger partial charge on any atom is 0.352 e. The molecule has 2 saturated heterocycles. The fraction of sp³-hybridized carbons (Fsp3) is 1.00. The minimum Gasteiger partial charge on any atom is -0.313 e. The molecule has 0 spiro atoms. The largest absolute Gasteiger partial charge is 0.352 e. The average Bonchev–Trinajstić information content (AvgIpc) is 2.54. The highest BCUT2D eigenvalue weighted by atomic mass is 31.2. The van der Waals surface area contributed by atoms with E-state index in [1.165, 1.54) is 0 Å². The summed E-state index contributed by atoms with van der Waals surface area (Å²) in [6.45, 7) is 5.15. The van der Waals surface area contributed by atoms with Crippen molar-refractivity contribution in [3.8, 4) is 0 Å². The summed E-state index contributed by atoms with van der Waals surface area (Å²) in [6, 6.07) is 0. The van der Waals surface area contributed by atoms with Crippen molar-refractivity contribution in [3.63, 3.8) is 0 Å². The third-order valence-electron chi connectivity index (χ3n) is 3.22. The van der Waals surface area contributed by atoms with E-state index in [0.717, 1.165) is 11.5 Å². The molecule has 88 valence electrons. The molecule has 2 aliphatic rings. The molecule has 2 rings (SSSR count). The van der Waals surface area contributed by atoms with E-state index < -0.39 is 12.9 Å². The van der Waals surface area contributed by atoms with E-state index >= 15 is 0 Å². The van der Waals surface area contributed by atoms with Crippen molar-refractivity contribution in [2.75, 3.05) is 19.8 Å². The third kappa shape index (κ3) is 1.77. The Morgan fingerprint density at radius 3 is 2.53 bits per heavy atom. The van der Waals surface area contributed by atoms with Gasteiger partial charge in [-0.05, 0) is 19.8 Å². The lowest BCUT2D eigenvalue weighted by Crippen LogP contribution is -2.41. The zero-order valence-electron chi connectivity index (χ0n) is 9.18. The summed E-state index contributed by atoms with van der Waals surface area (Å²) < 4.78 is 23.2. The number of rotatable bonds is 1. The van der Waals surface area contributed by atoms with Crippen LogP contribution in [-0.4, -0.2) is 35.3 Å². The molecule has 2 heterocycles. The summed E-state index contributed by atoms with van der Waals surface area (Å²) in [5.41, 5.74) is 0. The van der Waals surface area contributed by atoms with Crippen LogP contribution >= 0.6 is 7.60 Å². The van der Waals surface area contributed by atoms with Crippen LogP contribution in [-0.2, 0) is 13.6 Å².